The molecule has 0 bridgehead atoms. The van der Waals surface area contributed by atoms with Crippen LogP contribution in [0.3, 0.4) is 0 Å². The molecule has 29 heavy (non-hydrogen) atoms. The van der Waals surface area contributed by atoms with Gasteiger partial charge < -0.3 is 14.8 Å². The van der Waals surface area contributed by atoms with Crippen LogP contribution in [0.5, 0.6) is 0 Å². The second-order valence-electron chi connectivity index (χ2n) is 7.57. The monoisotopic (exact) mass is 391 g/mol. The van der Waals surface area contributed by atoms with Crippen LogP contribution in [-0.4, -0.2) is 57.3 Å². The molecule has 1 aliphatic rings. The first-order chi connectivity index (χ1) is 14.0. The summed E-state index contributed by atoms with van der Waals surface area (Å²) in [7, 11) is 1.91. The van der Waals surface area contributed by atoms with Crippen LogP contribution in [-0.2, 0) is 23.2 Å². The molecule has 2 amide bonds. The molecule has 1 N–H and O–H groups in total. The quantitative estimate of drug-likeness (QED) is 0.695. The molecular weight excluding hydrogens is 366 g/mol. The maximum absolute atomic E-state index is 12.5. The minimum Gasteiger partial charge on any atom is -0.336 e. The van der Waals surface area contributed by atoms with E-state index in [9.17, 15) is 9.59 Å². The predicted molar refractivity (Wildman–Crippen MR) is 112 cm³/mol. The van der Waals surface area contributed by atoms with Crippen LogP contribution in [0.15, 0.2) is 48.8 Å². The van der Waals surface area contributed by atoms with E-state index < -0.39 is 11.8 Å². The van der Waals surface area contributed by atoms with E-state index in [0.717, 1.165) is 30.7 Å². The number of fused-ring (bicyclic) bond motifs is 1. The molecule has 0 radical (unpaired) electrons. The van der Waals surface area contributed by atoms with E-state index in [1.807, 2.05) is 29.9 Å². The van der Waals surface area contributed by atoms with Gasteiger partial charge in [-0.3, -0.25) is 14.5 Å². The van der Waals surface area contributed by atoms with Crippen molar-refractivity contribution < 1.29 is 9.59 Å². The first kappa shape index (κ1) is 19.1. The van der Waals surface area contributed by atoms with Gasteiger partial charge in [-0.15, -0.1) is 0 Å². The van der Waals surface area contributed by atoms with Crippen LogP contribution < -0.4 is 5.32 Å². The summed E-state index contributed by atoms with van der Waals surface area (Å²) in [5.41, 5.74) is 3.87. The molecule has 0 saturated carbocycles. The molecule has 7 nitrogen and oxygen atoms in total. The predicted octanol–water partition coefficient (Wildman–Crippen LogP) is 2.16. The molecular formula is C22H25N5O2. The molecule has 7 heteroatoms. The fourth-order valence-electron chi connectivity index (χ4n) is 3.61. The Balaban J connectivity index is 1.31. The number of benzene rings is 1. The van der Waals surface area contributed by atoms with E-state index in [-0.39, 0.29) is 0 Å². The largest absolute Gasteiger partial charge is 0.336 e. The van der Waals surface area contributed by atoms with Crippen LogP contribution in [0.2, 0.25) is 0 Å². The molecule has 1 saturated heterocycles. The number of nitrogens with zero attached hydrogens (tertiary/aromatic N) is 4. The van der Waals surface area contributed by atoms with Gasteiger partial charge in [-0.1, -0.05) is 29.8 Å². The Morgan fingerprint density at radius 2 is 1.79 bits per heavy atom. The molecule has 1 fully saturated rings. The van der Waals surface area contributed by atoms with Crippen molar-refractivity contribution in [2.45, 2.75) is 13.5 Å². The van der Waals surface area contributed by atoms with Gasteiger partial charge in [-0.25, -0.2) is 4.98 Å². The average Bonchev–Trinajstić information content (AvgIpc) is 3.10. The summed E-state index contributed by atoms with van der Waals surface area (Å²) in [4.78, 5) is 33.2. The zero-order chi connectivity index (χ0) is 20.4. The van der Waals surface area contributed by atoms with Crippen LogP contribution in [0.1, 0.15) is 11.1 Å². The summed E-state index contributed by atoms with van der Waals surface area (Å²) in [6.07, 6.45) is 3.48. The van der Waals surface area contributed by atoms with Crippen LogP contribution >= 0.6 is 0 Å². The van der Waals surface area contributed by atoms with Crippen molar-refractivity contribution in [2.75, 3.05) is 31.5 Å². The highest BCUT2D eigenvalue weighted by Gasteiger charge is 2.26. The van der Waals surface area contributed by atoms with Crippen molar-refractivity contribution >= 4 is 28.5 Å². The van der Waals surface area contributed by atoms with Gasteiger partial charge in [0.25, 0.3) is 0 Å². The van der Waals surface area contributed by atoms with Crippen molar-refractivity contribution in [1.29, 1.82) is 0 Å². The summed E-state index contributed by atoms with van der Waals surface area (Å²) in [6, 6.07) is 12.2. The number of hydrogen-bond acceptors (Lipinski definition) is 4. The van der Waals surface area contributed by atoms with E-state index in [2.05, 4.69) is 46.4 Å². The van der Waals surface area contributed by atoms with Gasteiger partial charge >= 0.3 is 11.8 Å². The molecule has 1 aliphatic heterocycles. The number of piperazine rings is 1. The van der Waals surface area contributed by atoms with Crippen molar-refractivity contribution in [1.82, 2.24) is 19.4 Å². The average molecular weight is 391 g/mol. The Kier molecular flexibility index (Phi) is 5.31. The van der Waals surface area contributed by atoms with Crippen LogP contribution in [0, 0.1) is 6.92 Å². The van der Waals surface area contributed by atoms with E-state index in [1.165, 1.54) is 11.1 Å². The minimum atomic E-state index is -0.617. The van der Waals surface area contributed by atoms with Gasteiger partial charge in [0.15, 0.2) is 0 Å². The number of anilines is 1. The second-order valence-corrected chi connectivity index (χ2v) is 7.57. The molecule has 2 aromatic heterocycles. The van der Waals surface area contributed by atoms with Crippen molar-refractivity contribution in [3.8, 4) is 0 Å². The minimum absolute atomic E-state index is 0.492. The van der Waals surface area contributed by atoms with E-state index in [1.54, 1.807) is 11.1 Å². The van der Waals surface area contributed by atoms with E-state index in [0.29, 0.717) is 18.8 Å². The van der Waals surface area contributed by atoms with Crippen LogP contribution in [0.4, 0.5) is 5.69 Å². The van der Waals surface area contributed by atoms with Gasteiger partial charge in [-0.05, 0) is 24.6 Å². The summed E-state index contributed by atoms with van der Waals surface area (Å²) in [6.45, 7) is 5.54. The standard InChI is InChI=1S/C22H25N5O2/c1-16-3-5-17(6-4-16)15-26-9-11-27(12-10-26)22(29)21(28)24-19-13-18-7-8-25(2)20(18)23-14-19/h3-8,13-14H,9-12,15H2,1-2H3,(H,24,28). The SMILES string of the molecule is Cc1ccc(CN2CCN(C(=O)C(=O)Nc3cnc4c(ccn4C)c3)CC2)cc1. The van der Waals surface area contributed by atoms with Crippen molar-refractivity contribution in [3.05, 3.63) is 59.9 Å². The lowest BCUT2D eigenvalue weighted by atomic mass is 10.1. The summed E-state index contributed by atoms with van der Waals surface area (Å²) < 4.78 is 1.90. The molecule has 1 aromatic carbocycles. The number of hydrogen-bond donors (Lipinski definition) is 1. The highest BCUT2D eigenvalue weighted by Crippen LogP contribution is 2.17. The lowest BCUT2D eigenvalue weighted by molar-refractivity contribution is -0.144. The lowest BCUT2D eigenvalue weighted by Gasteiger charge is -2.34. The normalized spacial score (nSPS) is 14.9. The zero-order valence-corrected chi connectivity index (χ0v) is 16.8. The maximum atomic E-state index is 12.5. The number of amides is 2. The van der Waals surface area contributed by atoms with E-state index in [4.69, 9.17) is 0 Å². The molecule has 3 heterocycles. The number of carbonyl (C=O) groups excluding carboxylic acids is 2. The maximum Gasteiger partial charge on any atom is 0.313 e. The van der Waals surface area contributed by atoms with Gasteiger partial charge in [0.1, 0.15) is 5.65 Å². The fourth-order valence-corrected chi connectivity index (χ4v) is 3.61. The Bertz CT molecular complexity index is 1030. The topological polar surface area (TPSA) is 70.5 Å². The van der Waals surface area contributed by atoms with Crippen molar-refractivity contribution in [3.63, 3.8) is 0 Å². The van der Waals surface area contributed by atoms with Gasteiger partial charge in [0.2, 0.25) is 0 Å². The highest BCUT2D eigenvalue weighted by molar-refractivity contribution is 6.39. The first-order valence-corrected chi connectivity index (χ1v) is 9.79. The summed E-state index contributed by atoms with van der Waals surface area (Å²) in [5.74, 6) is -1.11. The number of nitrogens with one attached hydrogen (secondary N) is 1. The second kappa shape index (κ2) is 8.05. The summed E-state index contributed by atoms with van der Waals surface area (Å²) >= 11 is 0. The third-order valence-electron chi connectivity index (χ3n) is 5.35. The number of aryl methyl sites for hydroxylation is 2. The molecule has 0 unspecified atom stereocenters. The Morgan fingerprint density at radius 1 is 1.07 bits per heavy atom. The number of rotatable bonds is 3. The Morgan fingerprint density at radius 3 is 2.52 bits per heavy atom. The third-order valence-corrected chi connectivity index (χ3v) is 5.35. The van der Waals surface area contributed by atoms with Crippen molar-refractivity contribution in [2.24, 2.45) is 7.05 Å². The smallest absolute Gasteiger partial charge is 0.313 e. The Labute approximate surface area is 169 Å². The zero-order valence-electron chi connectivity index (χ0n) is 16.8. The fraction of sp³-hybridized carbons (Fsp3) is 0.318. The van der Waals surface area contributed by atoms with Gasteiger partial charge in [0.05, 0.1) is 11.9 Å². The Hall–Kier alpha value is -3.19. The molecule has 4 rings (SSSR count). The number of carbonyl (C=O) groups is 2. The van der Waals surface area contributed by atoms with Crippen LogP contribution in [0.25, 0.3) is 11.0 Å². The first-order valence-electron chi connectivity index (χ1n) is 9.79. The van der Waals surface area contributed by atoms with E-state index >= 15 is 0 Å². The van der Waals surface area contributed by atoms with Gasteiger partial charge in [-0.2, -0.15) is 0 Å². The molecule has 0 spiro atoms. The molecule has 0 aliphatic carbocycles. The molecule has 150 valence electrons. The lowest BCUT2D eigenvalue weighted by Crippen LogP contribution is -2.51. The molecule has 0 atom stereocenters. The van der Waals surface area contributed by atoms with Gasteiger partial charge in [0, 0.05) is 51.4 Å². The number of pyridine rings is 1. The third kappa shape index (κ3) is 4.30. The highest BCUT2D eigenvalue weighted by atomic mass is 16.2. The summed E-state index contributed by atoms with van der Waals surface area (Å²) in [5, 5.41) is 3.60. The number of aromatic nitrogens is 2. The molecule has 3 aromatic rings.